The Labute approximate surface area is 95.1 Å². The van der Waals surface area contributed by atoms with Crippen LogP contribution in [0, 0.1) is 0 Å². The third-order valence-corrected chi connectivity index (χ3v) is 3.98. The van der Waals surface area contributed by atoms with E-state index < -0.39 is 9.84 Å². The van der Waals surface area contributed by atoms with Gasteiger partial charge < -0.3 is 5.32 Å². The molecule has 2 rings (SSSR count). The summed E-state index contributed by atoms with van der Waals surface area (Å²) in [7, 11) is -2.97. The summed E-state index contributed by atoms with van der Waals surface area (Å²) in [6.07, 6.45) is 3.45. The summed E-state index contributed by atoms with van der Waals surface area (Å²) >= 11 is 0. The van der Waals surface area contributed by atoms with Crippen LogP contribution >= 0.6 is 0 Å². The summed E-state index contributed by atoms with van der Waals surface area (Å²) in [5, 5.41) is 8.62. The van der Waals surface area contributed by atoms with Gasteiger partial charge in [0.05, 0.1) is 11.4 Å². The van der Waals surface area contributed by atoms with Crippen LogP contribution in [0.3, 0.4) is 0 Å². The largest absolute Gasteiger partial charge is 0.304 e. The average Bonchev–Trinajstić information content (AvgIpc) is 2.81. The van der Waals surface area contributed by atoms with E-state index in [1.165, 1.54) is 5.41 Å². The molecule has 1 aromatic rings. The van der Waals surface area contributed by atoms with Crippen molar-refractivity contribution in [3.05, 3.63) is 29.4 Å². The van der Waals surface area contributed by atoms with Crippen molar-refractivity contribution < 1.29 is 8.42 Å². The Bertz CT molecular complexity index is 490. The minimum atomic E-state index is -2.97. The number of aryl methyl sites for hydroxylation is 1. The number of rotatable bonds is 4. The molecule has 2 heterocycles. The molecular formula is C10H15N3O2S. The Morgan fingerprint density at radius 3 is 3.06 bits per heavy atom. The zero-order chi connectivity index (χ0) is 11.6. The van der Waals surface area contributed by atoms with Crippen LogP contribution in [0.15, 0.2) is 23.7 Å². The Morgan fingerprint density at radius 2 is 2.44 bits per heavy atom. The quantitative estimate of drug-likeness (QED) is 0.823. The second-order valence-corrected chi connectivity index (χ2v) is 5.71. The Morgan fingerprint density at radius 1 is 1.62 bits per heavy atom. The molecule has 1 unspecified atom stereocenters. The van der Waals surface area contributed by atoms with Gasteiger partial charge in [0.15, 0.2) is 9.84 Å². The van der Waals surface area contributed by atoms with Crippen molar-refractivity contribution in [2.24, 2.45) is 0 Å². The van der Waals surface area contributed by atoms with Crippen LogP contribution < -0.4 is 5.32 Å². The predicted molar refractivity (Wildman–Crippen MR) is 61.5 cm³/mol. The van der Waals surface area contributed by atoms with Crippen LogP contribution in [0.2, 0.25) is 0 Å². The molecule has 0 amide bonds. The maximum atomic E-state index is 11.2. The molecule has 5 nitrogen and oxygen atoms in total. The van der Waals surface area contributed by atoms with Crippen molar-refractivity contribution in [2.45, 2.75) is 26.1 Å². The Kier molecular flexibility index (Phi) is 3.11. The van der Waals surface area contributed by atoms with Crippen LogP contribution in [0.5, 0.6) is 0 Å². The number of sulfone groups is 1. The molecule has 0 radical (unpaired) electrons. The van der Waals surface area contributed by atoms with Gasteiger partial charge in [0.25, 0.3) is 0 Å². The van der Waals surface area contributed by atoms with E-state index in [9.17, 15) is 8.42 Å². The molecule has 0 saturated carbocycles. The van der Waals surface area contributed by atoms with Crippen molar-refractivity contribution in [3.63, 3.8) is 0 Å². The van der Waals surface area contributed by atoms with Crippen molar-refractivity contribution >= 4 is 9.84 Å². The highest BCUT2D eigenvalue weighted by atomic mass is 32.2. The standard InChI is InChI=1S/C10H15N3O2S/c1-2-13-10(3-5-12-13)7-11-9-4-6-16(14,15)8-9/h3-6,9,11H,2,7-8H2,1H3. The third kappa shape index (κ3) is 2.51. The third-order valence-electron chi connectivity index (χ3n) is 2.58. The molecule has 0 bridgehead atoms. The van der Waals surface area contributed by atoms with Gasteiger partial charge in [-0.2, -0.15) is 5.10 Å². The van der Waals surface area contributed by atoms with Gasteiger partial charge in [0.2, 0.25) is 0 Å². The first-order valence-electron chi connectivity index (χ1n) is 5.26. The maximum Gasteiger partial charge on any atom is 0.173 e. The van der Waals surface area contributed by atoms with E-state index in [-0.39, 0.29) is 11.8 Å². The van der Waals surface area contributed by atoms with Gasteiger partial charge in [0.1, 0.15) is 0 Å². The number of hydrogen-bond donors (Lipinski definition) is 1. The fraction of sp³-hybridized carbons (Fsp3) is 0.500. The Hall–Kier alpha value is -1.14. The lowest BCUT2D eigenvalue weighted by atomic mass is 10.3. The molecule has 1 N–H and O–H groups in total. The van der Waals surface area contributed by atoms with E-state index in [1.807, 2.05) is 17.7 Å². The normalized spacial score (nSPS) is 22.7. The highest BCUT2D eigenvalue weighted by molar-refractivity contribution is 7.94. The van der Waals surface area contributed by atoms with E-state index in [1.54, 1.807) is 12.3 Å². The van der Waals surface area contributed by atoms with Crippen LogP contribution in [0.25, 0.3) is 0 Å². The number of nitrogens with one attached hydrogen (secondary N) is 1. The monoisotopic (exact) mass is 241 g/mol. The summed E-state index contributed by atoms with van der Waals surface area (Å²) in [6, 6.07) is 1.86. The van der Waals surface area contributed by atoms with Gasteiger partial charge in [-0.05, 0) is 13.0 Å². The van der Waals surface area contributed by atoms with Crippen molar-refractivity contribution in [3.8, 4) is 0 Å². The smallest absolute Gasteiger partial charge is 0.173 e. The average molecular weight is 241 g/mol. The van der Waals surface area contributed by atoms with Gasteiger partial charge in [-0.3, -0.25) is 4.68 Å². The van der Waals surface area contributed by atoms with Crippen molar-refractivity contribution in [1.82, 2.24) is 15.1 Å². The first kappa shape index (κ1) is 11.3. The Balaban J connectivity index is 1.92. The highest BCUT2D eigenvalue weighted by Gasteiger charge is 2.21. The minimum absolute atomic E-state index is 0.0785. The van der Waals surface area contributed by atoms with Gasteiger partial charge in [-0.15, -0.1) is 0 Å². The molecule has 1 aliphatic heterocycles. The van der Waals surface area contributed by atoms with E-state index in [0.717, 1.165) is 12.2 Å². The zero-order valence-electron chi connectivity index (χ0n) is 9.13. The number of aromatic nitrogens is 2. The molecule has 1 atom stereocenters. The van der Waals surface area contributed by atoms with Crippen molar-refractivity contribution in [1.29, 1.82) is 0 Å². The summed E-state index contributed by atoms with van der Waals surface area (Å²) in [6.45, 7) is 3.48. The van der Waals surface area contributed by atoms with Gasteiger partial charge >= 0.3 is 0 Å². The SMILES string of the molecule is CCn1nccc1CNC1C=CS(=O)(=O)C1. The summed E-state index contributed by atoms with van der Waals surface area (Å²) in [5.41, 5.74) is 1.07. The summed E-state index contributed by atoms with van der Waals surface area (Å²) in [4.78, 5) is 0. The molecule has 1 aliphatic rings. The second kappa shape index (κ2) is 4.39. The molecule has 0 fully saturated rings. The fourth-order valence-corrected chi connectivity index (χ4v) is 3.00. The number of hydrogen-bond acceptors (Lipinski definition) is 4. The minimum Gasteiger partial charge on any atom is -0.304 e. The molecular weight excluding hydrogens is 226 g/mol. The lowest BCUT2D eigenvalue weighted by Crippen LogP contribution is -2.30. The molecule has 0 saturated heterocycles. The lowest BCUT2D eigenvalue weighted by molar-refractivity contribution is 0.558. The van der Waals surface area contributed by atoms with Gasteiger partial charge in [-0.1, -0.05) is 6.08 Å². The van der Waals surface area contributed by atoms with Crippen LogP contribution in [-0.4, -0.2) is 30.0 Å². The molecule has 16 heavy (non-hydrogen) atoms. The van der Waals surface area contributed by atoms with E-state index in [4.69, 9.17) is 0 Å². The predicted octanol–water partition coefficient (Wildman–Crippen LogP) is 0.303. The first-order chi connectivity index (χ1) is 7.61. The van der Waals surface area contributed by atoms with Crippen molar-refractivity contribution in [2.75, 3.05) is 5.75 Å². The van der Waals surface area contributed by atoms with Crippen LogP contribution in [0.4, 0.5) is 0 Å². The highest BCUT2D eigenvalue weighted by Crippen LogP contribution is 2.08. The lowest BCUT2D eigenvalue weighted by Gasteiger charge is -2.10. The first-order valence-corrected chi connectivity index (χ1v) is 6.97. The van der Waals surface area contributed by atoms with Gasteiger partial charge in [0, 0.05) is 30.7 Å². The summed E-state index contributed by atoms with van der Waals surface area (Å²) < 4.78 is 24.3. The topological polar surface area (TPSA) is 64.0 Å². The van der Waals surface area contributed by atoms with Crippen LogP contribution in [0.1, 0.15) is 12.6 Å². The molecule has 88 valence electrons. The number of nitrogens with zero attached hydrogens (tertiary/aromatic N) is 2. The van der Waals surface area contributed by atoms with E-state index >= 15 is 0 Å². The molecule has 0 aromatic carbocycles. The molecule has 0 aliphatic carbocycles. The molecule has 1 aromatic heterocycles. The fourth-order valence-electron chi connectivity index (χ4n) is 1.73. The molecule has 6 heteroatoms. The maximum absolute atomic E-state index is 11.2. The van der Waals surface area contributed by atoms with E-state index in [2.05, 4.69) is 10.4 Å². The van der Waals surface area contributed by atoms with Gasteiger partial charge in [-0.25, -0.2) is 8.42 Å². The zero-order valence-corrected chi connectivity index (χ0v) is 9.94. The van der Waals surface area contributed by atoms with Crippen LogP contribution in [-0.2, 0) is 22.9 Å². The molecule has 0 spiro atoms. The second-order valence-electron chi connectivity index (χ2n) is 3.78. The van der Waals surface area contributed by atoms with E-state index in [0.29, 0.717) is 6.54 Å². The summed E-state index contributed by atoms with van der Waals surface area (Å²) in [5.74, 6) is 0.160.